The van der Waals surface area contributed by atoms with Gasteiger partial charge in [0.05, 0.1) is 11.4 Å². The average molecular weight is 336 g/mol. The second-order valence-electron chi connectivity index (χ2n) is 5.39. The SMILES string of the molecule is O=S(=O)(c1cccc(F)c1)N1CCCC(Oc2ccncc2)C1. The number of benzene rings is 1. The highest BCUT2D eigenvalue weighted by atomic mass is 32.2. The Morgan fingerprint density at radius 1 is 1.22 bits per heavy atom. The smallest absolute Gasteiger partial charge is 0.243 e. The van der Waals surface area contributed by atoms with Crippen LogP contribution in [0, 0.1) is 5.82 Å². The lowest BCUT2D eigenvalue weighted by Gasteiger charge is -2.32. The van der Waals surface area contributed by atoms with Gasteiger partial charge in [0.25, 0.3) is 0 Å². The van der Waals surface area contributed by atoms with Gasteiger partial charge in [-0.2, -0.15) is 4.31 Å². The third-order valence-electron chi connectivity index (χ3n) is 3.73. The van der Waals surface area contributed by atoms with Crippen LogP contribution < -0.4 is 4.74 Å². The van der Waals surface area contributed by atoms with Crippen LogP contribution in [0.2, 0.25) is 0 Å². The van der Waals surface area contributed by atoms with Gasteiger partial charge in [-0.05, 0) is 43.2 Å². The van der Waals surface area contributed by atoms with Gasteiger partial charge in [-0.25, -0.2) is 12.8 Å². The number of pyridine rings is 1. The van der Waals surface area contributed by atoms with Crippen LogP contribution in [-0.2, 0) is 10.0 Å². The Balaban J connectivity index is 1.75. The van der Waals surface area contributed by atoms with E-state index in [-0.39, 0.29) is 17.5 Å². The van der Waals surface area contributed by atoms with E-state index in [2.05, 4.69) is 4.98 Å². The maximum Gasteiger partial charge on any atom is 0.243 e. The van der Waals surface area contributed by atoms with E-state index in [1.807, 2.05) is 0 Å². The van der Waals surface area contributed by atoms with Crippen molar-refractivity contribution in [2.45, 2.75) is 23.8 Å². The van der Waals surface area contributed by atoms with Gasteiger partial charge >= 0.3 is 0 Å². The van der Waals surface area contributed by atoms with Crippen molar-refractivity contribution in [2.75, 3.05) is 13.1 Å². The van der Waals surface area contributed by atoms with Crippen molar-refractivity contribution in [3.8, 4) is 5.75 Å². The summed E-state index contributed by atoms with van der Waals surface area (Å²) in [7, 11) is -3.71. The summed E-state index contributed by atoms with van der Waals surface area (Å²) in [5.41, 5.74) is 0. The number of piperidine rings is 1. The molecule has 122 valence electrons. The number of ether oxygens (including phenoxy) is 1. The van der Waals surface area contributed by atoms with Gasteiger partial charge in [0.2, 0.25) is 10.0 Å². The summed E-state index contributed by atoms with van der Waals surface area (Å²) >= 11 is 0. The number of hydrogen-bond donors (Lipinski definition) is 0. The van der Waals surface area contributed by atoms with Crippen LogP contribution in [0.1, 0.15) is 12.8 Å². The standard InChI is InChI=1S/C16H17FN2O3S/c17-13-3-1-5-16(11-13)23(20,21)19-10-2-4-15(12-19)22-14-6-8-18-9-7-14/h1,3,5-9,11,15H,2,4,10,12H2. The highest BCUT2D eigenvalue weighted by Crippen LogP contribution is 2.23. The van der Waals surface area contributed by atoms with Gasteiger partial charge in [0.15, 0.2) is 0 Å². The molecule has 0 radical (unpaired) electrons. The van der Waals surface area contributed by atoms with Gasteiger partial charge < -0.3 is 4.74 Å². The first kappa shape index (κ1) is 15.9. The molecule has 23 heavy (non-hydrogen) atoms. The van der Waals surface area contributed by atoms with Crippen molar-refractivity contribution in [3.05, 3.63) is 54.6 Å². The van der Waals surface area contributed by atoms with E-state index in [9.17, 15) is 12.8 Å². The second-order valence-corrected chi connectivity index (χ2v) is 7.32. The summed E-state index contributed by atoms with van der Waals surface area (Å²) in [6, 6.07) is 8.55. The molecule has 0 spiro atoms. The molecule has 3 rings (SSSR count). The minimum atomic E-state index is -3.71. The molecule has 1 aliphatic rings. The van der Waals surface area contributed by atoms with Crippen LogP contribution in [0.5, 0.6) is 5.75 Å². The molecule has 2 aromatic rings. The van der Waals surface area contributed by atoms with Crippen molar-refractivity contribution in [3.63, 3.8) is 0 Å². The van der Waals surface area contributed by atoms with Crippen molar-refractivity contribution in [2.24, 2.45) is 0 Å². The van der Waals surface area contributed by atoms with Crippen LogP contribution in [0.25, 0.3) is 0 Å². The Kier molecular flexibility index (Phi) is 4.58. The maximum atomic E-state index is 13.3. The van der Waals surface area contributed by atoms with Gasteiger partial charge in [-0.1, -0.05) is 6.07 Å². The number of halogens is 1. The summed E-state index contributed by atoms with van der Waals surface area (Å²) in [4.78, 5) is 3.89. The first-order chi connectivity index (χ1) is 11.1. The fourth-order valence-electron chi connectivity index (χ4n) is 2.61. The lowest BCUT2D eigenvalue weighted by Crippen LogP contribution is -2.44. The molecule has 2 heterocycles. The third-order valence-corrected chi connectivity index (χ3v) is 5.59. The molecule has 0 saturated carbocycles. The van der Waals surface area contributed by atoms with Crippen LogP contribution >= 0.6 is 0 Å². The van der Waals surface area contributed by atoms with Crippen LogP contribution in [0.3, 0.4) is 0 Å². The van der Waals surface area contributed by atoms with E-state index in [0.29, 0.717) is 18.7 Å². The normalized spacial score (nSPS) is 19.4. The highest BCUT2D eigenvalue weighted by Gasteiger charge is 2.31. The Bertz CT molecular complexity index is 768. The molecular formula is C16H17FN2O3S. The highest BCUT2D eigenvalue weighted by molar-refractivity contribution is 7.89. The largest absolute Gasteiger partial charge is 0.489 e. The first-order valence-electron chi connectivity index (χ1n) is 7.38. The molecule has 1 aromatic heterocycles. The molecule has 0 aliphatic carbocycles. The van der Waals surface area contributed by atoms with E-state index < -0.39 is 15.8 Å². The zero-order valence-electron chi connectivity index (χ0n) is 12.4. The molecule has 1 aromatic carbocycles. The number of nitrogens with zero attached hydrogens (tertiary/aromatic N) is 2. The third kappa shape index (κ3) is 3.68. The van der Waals surface area contributed by atoms with E-state index in [0.717, 1.165) is 12.5 Å². The Hall–Kier alpha value is -1.99. The minimum absolute atomic E-state index is 0.0259. The molecule has 1 unspecified atom stereocenters. The van der Waals surface area contributed by atoms with Gasteiger partial charge in [0.1, 0.15) is 17.7 Å². The number of aromatic nitrogens is 1. The van der Waals surface area contributed by atoms with Crippen LogP contribution in [0.4, 0.5) is 4.39 Å². The molecular weight excluding hydrogens is 319 g/mol. The average Bonchev–Trinajstić information content (AvgIpc) is 2.56. The van der Waals surface area contributed by atoms with Gasteiger partial charge in [-0.15, -0.1) is 0 Å². The van der Waals surface area contributed by atoms with E-state index in [4.69, 9.17) is 4.74 Å². The number of hydrogen-bond acceptors (Lipinski definition) is 4. The molecule has 5 nitrogen and oxygen atoms in total. The maximum absolute atomic E-state index is 13.3. The van der Waals surface area contributed by atoms with E-state index in [1.54, 1.807) is 24.5 Å². The van der Waals surface area contributed by atoms with Gasteiger partial charge in [0, 0.05) is 18.9 Å². The summed E-state index contributed by atoms with van der Waals surface area (Å²) < 4.78 is 45.8. The predicted octanol–water partition coefficient (Wildman–Crippen LogP) is 2.45. The van der Waals surface area contributed by atoms with Crippen molar-refractivity contribution >= 4 is 10.0 Å². The fraction of sp³-hybridized carbons (Fsp3) is 0.312. The van der Waals surface area contributed by atoms with Crippen molar-refractivity contribution in [1.29, 1.82) is 0 Å². The molecule has 1 fully saturated rings. The molecule has 1 aliphatic heterocycles. The number of sulfonamides is 1. The molecule has 1 saturated heterocycles. The minimum Gasteiger partial charge on any atom is -0.489 e. The summed E-state index contributed by atoms with van der Waals surface area (Å²) in [5, 5.41) is 0. The first-order valence-corrected chi connectivity index (χ1v) is 8.82. The van der Waals surface area contributed by atoms with Gasteiger partial charge in [-0.3, -0.25) is 4.98 Å². The van der Waals surface area contributed by atoms with Crippen molar-refractivity contribution < 1.29 is 17.5 Å². The molecule has 0 bridgehead atoms. The lowest BCUT2D eigenvalue weighted by atomic mass is 10.1. The van der Waals surface area contributed by atoms with Crippen molar-refractivity contribution in [1.82, 2.24) is 9.29 Å². The zero-order chi connectivity index (χ0) is 16.3. The second kappa shape index (κ2) is 6.64. The molecule has 7 heteroatoms. The molecule has 0 amide bonds. The summed E-state index contributed by atoms with van der Waals surface area (Å²) in [5.74, 6) is 0.0997. The molecule has 0 N–H and O–H groups in total. The Morgan fingerprint density at radius 3 is 2.74 bits per heavy atom. The van der Waals surface area contributed by atoms with E-state index >= 15 is 0 Å². The monoisotopic (exact) mass is 336 g/mol. The summed E-state index contributed by atoms with van der Waals surface area (Å²) in [6.07, 6.45) is 4.50. The predicted molar refractivity (Wildman–Crippen MR) is 83.0 cm³/mol. The summed E-state index contributed by atoms with van der Waals surface area (Å²) in [6.45, 7) is 0.663. The molecule has 1 atom stereocenters. The van der Waals surface area contributed by atoms with Crippen LogP contribution in [-0.4, -0.2) is 36.9 Å². The quantitative estimate of drug-likeness (QED) is 0.860. The zero-order valence-corrected chi connectivity index (χ0v) is 13.2. The Morgan fingerprint density at radius 2 is 2.00 bits per heavy atom. The van der Waals surface area contributed by atoms with E-state index in [1.165, 1.54) is 22.5 Å². The fourth-order valence-corrected chi connectivity index (χ4v) is 4.15. The topological polar surface area (TPSA) is 59.5 Å². The van der Waals surface area contributed by atoms with Crippen LogP contribution in [0.15, 0.2) is 53.7 Å². The number of rotatable bonds is 4. The Labute approximate surface area is 134 Å². The lowest BCUT2D eigenvalue weighted by molar-refractivity contribution is 0.129.